The zero-order valence-corrected chi connectivity index (χ0v) is 18.5. The van der Waals surface area contributed by atoms with E-state index in [9.17, 15) is 9.59 Å². The number of nitrogens with one attached hydrogen (secondary N) is 1. The van der Waals surface area contributed by atoms with Gasteiger partial charge >= 0.3 is 0 Å². The second-order valence-corrected chi connectivity index (χ2v) is 9.58. The van der Waals surface area contributed by atoms with Crippen molar-refractivity contribution in [2.75, 3.05) is 12.0 Å². The average molecular weight is 427 g/mol. The number of hydrogen-bond donors (Lipinski definition) is 1. The number of Topliss-reactive ketones (excluding diaryl/α,β-unsaturated/α-hetero) is 1. The normalized spacial score (nSPS) is 16.5. The second-order valence-electron chi connectivity index (χ2n) is 8.59. The molecular formula is C22H26N4O3S. The highest BCUT2D eigenvalue weighted by Crippen LogP contribution is 2.38. The number of aromatic nitrogens is 3. The van der Waals surface area contributed by atoms with Crippen molar-refractivity contribution in [2.45, 2.75) is 46.1 Å². The van der Waals surface area contributed by atoms with Crippen LogP contribution in [0.1, 0.15) is 70.8 Å². The molecule has 0 aliphatic heterocycles. The van der Waals surface area contributed by atoms with E-state index in [0.29, 0.717) is 42.0 Å². The predicted octanol–water partition coefficient (Wildman–Crippen LogP) is 4.01. The fourth-order valence-electron chi connectivity index (χ4n) is 4.12. The zero-order valence-electron chi connectivity index (χ0n) is 17.7. The van der Waals surface area contributed by atoms with E-state index in [1.54, 1.807) is 18.7 Å². The van der Waals surface area contributed by atoms with Gasteiger partial charge in [-0.25, -0.2) is 0 Å². The number of carbonyl (C=O) groups excluding carboxylic acids is 2. The van der Waals surface area contributed by atoms with E-state index in [0.717, 1.165) is 11.4 Å². The van der Waals surface area contributed by atoms with Crippen LogP contribution in [0.4, 0.5) is 0 Å². The van der Waals surface area contributed by atoms with Crippen molar-refractivity contribution in [3.8, 4) is 0 Å². The summed E-state index contributed by atoms with van der Waals surface area (Å²) < 4.78 is 7.82. The number of pyridine rings is 1. The lowest BCUT2D eigenvalue weighted by Crippen LogP contribution is -2.30. The van der Waals surface area contributed by atoms with E-state index >= 15 is 0 Å². The van der Waals surface area contributed by atoms with Gasteiger partial charge in [0.05, 0.1) is 11.6 Å². The highest BCUT2D eigenvalue weighted by atomic mass is 32.2. The van der Waals surface area contributed by atoms with Gasteiger partial charge in [0, 0.05) is 24.6 Å². The number of furan rings is 1. The predicted molar refractivity (Wildman–Crippen MR) is 116 cm³/mol. The molecule has 3 heterocycles. The minimum Gasteiger partial charge on any atom is -0.455 e. The number of ketones is 1. The molecule has 0 bridgehead atoms. The Labute approximate surface area is 179 Å². The Bertz CT molecular complexity index is 1110. The average Bonchev–Trinajstić information content (AvgIpc) is 3.25. The molecule has 1 aliphatic carbocycles. The fourth-order valence-corrected chi connectivity index (χ4v) is 4.59. The molecule has 0 aromatic carbocycles. The maximum Gasteiger partial charge on any atom is 0.287 e. The maximum atomic E-state index is 13.2. The molecule has 3 aromatic heterocycles. The lowest BCUT2D eigenvalue weighted by molar-refractivity contribution is 0.0880. The molecule has 0 saturated carbocycles. The first-order valence-electron chi connectivity index (χ1n) is 10.1. The number of rotatable bonds is 6. The van der Waals surface area contributed by atoms with Crippen LogP contribution >= 0.6 is 11.8 Å². The summed E-state index contributed by atoms with van der Waals surface area (Å²) in [6.07, 6.45) is 5.73. The van der Waals surface area contributed by atoms with E-state index in [1.807, 2.05) is 48.9 Å². The SMILES string of the molecule is CSCCC(NC(=O)c1oc2c(c1C)C(=O)CC(C)(C)C2)c1nnc2ccccn12. The van der Waals surface area contributed by atoms with Crippen LogP contribution in [-0.4, -0.2) is 38.3 Å². The molecule has 8 heteroatoms. The van der Waals surface area contributed by atoms with Gasteiger partial charge < -0.3 is 9.73 Å². The zero-order chi connectivity index (χ0) is 21.5. The van der Waals surface area contributed by atoms with E-state index in [4.69, 9.17) is 4.42 Å². The topological polar surface area (TPSA) is 89.5 Å². The number of thioether (sulfide) groups is 1. The van der Waals surface area contributed by atoms with Gasteiger partial charge in [0.2, 0.25) is 0 Å². The molecule has 7 nitrogen and oxygen atoms in total. The molecule has 0 radical (unpaired) electrons. The first-order valence-corrected chi connectivity index (χ1v) is 11.4. The molecule has 30 heavy (non-hydrogen) atoms. The van der Waals surface area contributed by atoms with E-state index in [-0.39, 0.29) is 28.9 Å². The first-order chi connectivity index (χ1) is 14.3. The minimum absolute atomic E-state index is 0.0453. The van der Waals surface area contributed by atoms with E-state index in [2.05, 4.69) is 15.5 Å². The molecule has 1 aliphatic rings. The quantitative estimate of drug-likeness (QED) is 0.641. The summed E-state index contributed by atoms with van der Waals surface area (Å²) in [4.78, 5) is 25.8. The summed E-state index contributed by atoms with van der Waals surface area (Å²) in [7, 11) is 0. The van der Waals surface area contributed by atoms with Crippen LogP contribution < -0.4 is 5.32 Å². The van der Waals surface area contributed by atoms with Crippen LogP contribution in [0.2, 0.25) is 0 Å². The van der Waals surface area contributed by atoms with Crippen LogP contribution in [0.25, 0.3) is 5.65 Å². The van der Waals surface area contributed by atoms with Crippen molar-refractivity contribution in [2.24, 2.45) is 5.41 Å². The summed E-state index contributed by atoms with van der Waals surface area (Å²) in [6, 6.07) is 5.36. The van der Waals surface area contributed by atoms with Gasteiger partial charge in [-0.1, -0.05) is 19.9 Å². The van der Waals surface area contributed by atoms with Gasteiger partial charge in [0.25, 0.3) is 5.91 Å². The Morgan fingerprint density at radius 1 is 1.33 bits per heavy atom. The minimum atomic E-state index is -0.328. The third-order valence-electron chi connectivity index (χ3n) is 5.55. The monoisotopic (exact) mass is 426 g/mol. The van der Waals surface area contributed by atoms with Gasteiger partial charge in [0.1, 0.15) is 5.76 Å². The first kappa shape index (κ1) is 20.7. The molecule has 0 saturated heterocycles. The molecule has 1 amide bonds. The Kier molecular flexibility index (Phi) is 5.44. The fraction of sp³-hybridized carbons (Fsp3) is 0.455. The molecule has 1 N–H and O–H groups in total. The lowest BCUT2D eigenvalue weighted by Gasteiger charge is -2.27. The lowest BCUT2D eigenvalue weighted by atomic mass is 9.76. The van der Waals surface area contributed by atoms with E-state index in [1.165, 1.54) is 0 Å². The number of amides is 1. The molecular weight excluding hydrogens is 400 g/mol. The molecule has 1 unspecified atom stereocenters. The van der Waals surface area contributed by atoms with Crippen molar-refractivity contribution in [3.63, 3.8) is 0 Å². The summed E-state index contributed by atoms with van der Waals surface area (Å²) in [6.45, 7) is 5.87. The van der Waals surface area contributed by atoms with Gasteiger partial charge in [-0.05, 0) is 42.9 Å². The van der Waals surface area contributed by atoms with Crippen LogP contribution in [0.5, 0.6) is 0 Å². The van der Waals surface area contributed by atoms with Crippen molar-refractivity contribution >= 4 is 29.1 Å². The molecule has 0 spiro atoms. The number of hydrogen-bond acceptors (Lipinski definition) is 6. The van der Waals surface area contributed by atoms with Crippen molar-refractivity contribution < 1.29 is 14.0 Å². The summed E-state index contributed by atoms with van der Waals surface area (Å²) >= 11 is 1.70. The Hall–Kier alpha value is -2.61. The van der Waals surface area contributed by atoms with Crippen molar-refractivity contribution in [1.29, 1.82) is 0 Å². The summed E-state index contributed by atoms with van der Waals surface area (Å²) in [5.41, 5.74) is 1.77. The highest BCUT2D eigenvalue weighted by Gasteiger charge is 2.37. The smallest absolute Gasteiger partial charge is 0.287 e. The second kappa shape index (κ2) is 7.91. The highest BCUT2D eigenvalue weighted by molar-refractivity contribution is 7.98. The molecule has 0 fully saturated rings. The number of fused-ring (bicyclic) bond motifs is 2. The van der Waals surface area contributed by atoms with E-state index < -0.39 is 0 Å². The van der Waals surface area contributed by atoms with Gasteiger partial charge in [-0.2, -0.15) is 11.8 Å². The Morgan fingerprint density at radius 3 is 2.90 bits per heavy atom. The molecule has 4 rings (SSSR count). The van der Waals surface area contributed by atoms with Crippen LogP contribution in [-0.2, 0) is 6.42 Å². The third kappa shape index (κ3) is 3.76. The summed E-state index contributed by atoms with van der Waals surface area (Å²) in [5, 5.41) is 11.6. The number of carbonyl (C=O) groups is 2. The van der Waals surface area contributed by atoms with Crippen LogP contribution in [0, 0.1) is 12.3 Å². The van der Waals surface area contributed by atoms with Gasteiger partial charge in [0.15, 0.2) is 23.0 Å². The summed E-state index contributed by atoms with van der Waals surface area (Å²) in [5.74, 6) is 2.09. The number of nitrogens with zero attached hydrogens (tertiary/aromatic N) is 3. The van der Waals surface area contributed by atoms with Crippen LogP contribution in [0.15, 0.2) is 28.8 Å². The standard InChI is InChI=1S/C22H26N4O3S/c1-13-18-15(27)11-22(2,3)12-16(18)29-19(13)21(28)23-14(8-10-30-4)20-25-24-17-7-5-6-9-26(17)20/h5-7,9,14H,8,10-12H2,1-4H3,(H,23,28). The van der Waals surface area contributed by atoms with Gasteiger partial charge in [-0.3, -0.25) is 14.0 Å². The Morgan fingerprint density at radius 2 is 2.13 bits per heavy atom. The van der Waals surface area contributed by atoms with Crippen molar-refractivity contribution in [1.82, 2.24) is 19.9 Å². The molecule has 158 valence electrons. The Balaban J connectivity index is 1.65. The van der Waals surface area contributed by atoms with Crippen molar-refractivity contribution in [3.05, 3.63) is 52.9 Å². The maximum absolute atomic E-state index is 13.2. The third-order valence-corrected chi connectivity index (χ3v) is 6.19. The largest absolute Gasteiger partial charge is 0.455 e. The van der Waals surface area contributed by atoms with Gasteiger partial charge in [-0.15, -0.1) is 10.2 Å². The van der Waals surface area contributed by atoms with Crippen LogP contribution in [0.3, 0.4) is 0 Å². The molecule has 1 atom stereocenters. The molecule has 3 aromatic rings.